The molecule has 0 aliphatic carbocycles. The highest BCUT2D eigenvalue weighted by molar-refractivity contribution is 5.95. The van der Waals surface area contributed by atoms with Gasteiger partial charge in [0.15, 0.2) is 5.92 Å². The fourth-order valence-corrected chi connectivity index (χ4v) is 2.57. The Kier molecular flexibility index (Phi) is 7.37. The largest absolute Gasteiger partial charge is 0.468 e. The molecule has 120 valence electrons. The van der Waals surface area contributed by atoms with Crippen molar-refractivity contribution in [3.8, 4) is 0 Å². The van der Waals surface area contributed by atoms with Gasteiger partial charge in [-0.3, -0.25) is 9.59 Å². The maximum absolute atomic E-state index is 12.0. The average molecular weight is 304 g/mol. The Bertz CT molecular complexity index is 491. The Balaban J connectivity index is 2.90. The first-order chi connectivity index (χ1) is 10.5. The fourth-order valence-electron chi connectivity index (χ4n) is 2.57. The topological polar surface area (TPSA) is 52.6 Å². The number of carbonyl (C=O) groups is 2. The molecule has 1 atom stereocenters. The minimum absolute atomic E-state index is 0.183. The van der Waals surface area contributed by atoms with Crippen LogP contribution in [0.5, 0.6) is 0 Å². The number of ether oxygens (including phenoxy) is 2. The molecule has 22 heavy (non-hydrogen) atoms. The van der Waals surface area contributed by atoms with Gasteiger partial charge in [0.05, 0.1) is 14.2 Å². The number of allylic oxidation sites excluding steroid dienone is 1. The summed E-state index contributed by atoms with van der Waals surface area (Å²) < 4.78 is 9.56. The fraction of sp³-hybridized carbons (Fsp3) is 0.444. The SMILES string of the molecule is C=C(C)CC(CCc1ccccc1)C(C(=O)OC)C(=O)OC. The van der Waals surface area contributed by atoms with Crippen molar-refractivity contribution >= 4 is 11.9 Å². The molecule has 0 amide bonds. The molecule has 0 fully saturated rings. The third kappa shape index (κ3) is 5.35. The molecular weight excluding hydrogens is 280 g/mol. The molecule has 1 aromatic rings. The number of aryl methyl sites for hydroxylation is 1. The van der Waals surface area contributed by atoms with Crippen molar-refractivity contribution in [3.63, 3.8) is 0 Å². The zero-order chi connectivity index (χ0) is 16.5. The van der Waals surface area contributed by atoms with Crippen LogP contribution in [0.1, 0.15) is 25.3 Å². The Morgan fingerprint density at radius 1 is 1.09 bits per heavy atom. The molecular formula is C18H24O4. The van der Waals surface area contributed by atoms with Crippen molar-refractivity contribution in [1.82, 2.24) is 0 Å². The average Bonchev–Trinajstić information content (AvgIpc) is 2.52. The van der Waals surface area contributed by atoms with E-state index in [2.05, 4.69) is 6.58 Å². The van der Waals surface area contributed by atoms with Crippen LogP contribution in [-0.2, 0) is 25.5 Å². The number of hydrogen-bond donors (Lipinski definition) is 0. The lowest BCUT2D eigenvalue weighted by Gasteiger charge is -2.23. The molecule has 0 radical (unpaired) electrons. The molecule has 0 bridgehead atoms. The minimum atomic E-state index is -0.907. The number of methoxy groups -OCH3 is 2. The van der Waals surface area contributed by atoms with Gasteiger partial charge in [-0.25, -0.2) is 0 Å². The minimum Gasteiger partial charge on any atom is -0.468 e. The summed E-state index contributed by atoms with van der Waals surface area (Å²) >= 11 is 0. The van der Waals surface area contributed by atoms with Crippen molar-refractivity contribution < 1.29 is 19.1 Å². The summed E-state index contributed by atoms with van der Waals surface area (Å²) in [6.45, 7) is 5.79. The van der Waals surface area contributed by atoms with E-state index in [4.69, 9.17) is 9.47 Å². The molecule has 1 unspecified atom stereocenters. The summed E-state index contributed by atoms with van der Waals surface area (Å²) in [6, 6.07) is 9.97. The summed E-state index contributed by atoms with van der Waals surface area (Å²) in [7, 11) is 2.57. The molecule has 0 N–H and O–H groups in total. The number of rotatable bonds is 8. The molecule has 0 aliphatic heterocycles. The van der Waals surface area contributed by atoms with E-state index in [0.29, 0.717) is 12.8 Å². The molecule has 1 aromatic carbocycles. The molecule has 0 spiro atoms. The van der Waals surface area contributed by atoms with Crippen molar-refractivity contribution in [2.45, 2.75) is 26.2 Å². The highest BCUT2D eigenvalue weighted by Gasteiger charge is 2.36. The highest BCUT2D eigenvalue weighted by Crippen LogP contribution is 2.27. The van der Waals surface area contributed by atoms with Gasteiger partial charge in [0, 0.05) is 0 Å². The van der Waals surface area contributed by atoms with Crippen molar-refractivity contribution in [2.75, 3.05) is 14.2 Å². The summed E-state index contributed by atoms with van der Waals surface area (Å²) in [5.74, 6) is -2.19. The third-order valence-electron chi connectivity index (χ3n) is 3.64. The zero-order valence-corrected chi connectivity index (χ0v) is 13.5. The number of esters is 2. The molecule has 4 nitrogen and oxygen atoms in total. The van der Waals surface area contributed by atoms with E-state index < -0.39 is 17.9 Å². The Morgan fingerprint density at radius 2 is 1.64 bits per heavy atom. The molecule has 0 aliphatic rings. The lowest BCUT2D eigenvalue weighted by atomic mass is 9.83. The number of hydrogen-bond acceptors (Lipinski definition) is 4. The predicted octanol–water partition coefficient (Wildman–Crippen LogP) is 3.16. The molecule has 0 saturated carbocycles. The van der Waals surface area contributed by atoms with Crippen LogP contribution in [0.4, 0.5) is 0 Å². The number of benzene rings is 1. The molecule has 0 saturated heterocycles. The van der Waals surface area contributed by atoms with Crippen LogP contribution >= 0.6 is 0 Å². The molecule has 4 heteroatoms. The summed E-state index contributed by atoms with van der Waals surface area (Å²) in [5, 5.41) is 0. The van der Waals surface area contributed by atoms with Crippen LogP contribution in [0.25, 0.3) is 0 Å². The van der Waals surface area contributed by atoms with Crippen LogP contribution in [0.2, 0.25) is 0 Å². The first kappa shape index (κ1) is 18.0. The molecule has 0 aromatic heterocycles. The predicted molar refractivity (Wildman–Crippen MR) is 85.2 cm³/mol. The first-order valence-electron chi connectivity index (χ1n) is 7.33. The third-order valence-corrected chi connectivity index (χ3v) is 3.64. The summed E-state index contributed by atoms with van der Waals surface area (Å²) in [5.41, 5.74) is 2.10. The van der Waals surface area contributed by atoms with Gasteiger partial charge in [0.2, 0.25) is 0 Å². The Hall–Kier alpha value is -2.10. The van der Waals surface area contributed by atoms with E-state index in [1.165, 1.54) is 19.8 Å². The maximum atomic E-state index is 12.0. The van der Waals surface area contributed by atoms with Crippen molar-refractivity contribution in [2.24, 2.45) is 11.8 Å². The second kappa shape index (κ2) is 9.03. The summed E-state index contributed by atoms with van der Waals surface area (Å²) in [4.78, 5) is 24.0. The van der Waals surface area contributed by atoms with Crippen LogP contribution in [0.15, 0.2) is 42.5 Å². The molecule has 1 rings (SSSR count). The monoisotopic (exact) mass is 304 g/mol. The first-order valence-corrected chi connectivity index (χ1v) is 7.33. The smallest absolute Gasteiger partial charge is 0.320 e. The Morgan fingerprint density at radius 3 is 2.09 bits per heavy atom. The van der Waals surface area contributed by atoms with Crippen molar-refractivity contribution in [3.05, 3.63) is 48.0 Å². The van der Waals surface area contributed by atoms with Crippen LogP contribution in [-0.4, -0.2) is 26.2 Å². The van der Waals surface area contributed by atoms with E-state index in [0.717, 1.165) is 12.0 Å². The van der Waals surface area contributed by atoms with Crippen molar-refractivity contribution in [1.29, 1.82) is 0 Å². The number of carbonyl (C=O) groups excluding carboxylic acids is 2. The normalized spacial score (nSPS) is 11.8. The van der Waals surface area contributed by atoms with E-state index in [1.54, 1.807) is 0 Å². The van der Waals surface area contributed by atoms with Gasteiger partial charge in [-0.15, -0.1) is 6.58 Å². The standard InChI is InChI=1S/C18H24O4/c1-13(2)12-15(11-10-14-8-6-5-7-9-14)16(17(19)21-3)18(20)22-4/h5-9,15-16H,1,10-12H2,2-4H3. The zero-order valence-electron chi connectivity index (χ0n) is 13.5. The van der Waals surface area contributed by atoms with Crippen LogP contribution < -0.4 is 0 Å². The highest BCUT2D eigenvalue weighted by atomic mass is 16.5. The van der Waals surface area contributed by atoms with Gasteiger partial charge >= 0.3 is 11.9 Å². The van der Waals surface area contributed by atoms with E-state index in [9.17, 15) is 9.59 Å². The van der Waals surface area contributed by atoms with Crippen LogP contribution in [0, 0.1) is 11.8 Å². The van der Waals surface area contributed by atoms with Gasteiger partial charge in [-0.2, -0.15) is 0 Å². The van der Waals surface area contributed by atoms with Gasteiger partial charge < -0.3 is 9.47 Å². The van der Waals surface area contributed by atoms with Gasteiger partial charge in [-0.05, 0) is 37.7 Å². The van der Waals surface area contributed by atoms with E-state index in [-0.39, 0.29) is 5.92 Å². The van der Waals surface area contributed by atoms with Crippen LogP contribution in [0.3, 0.4) is 0 Å². The lowest BCUT2D eigenvalue weighted by molar-refractivity contribution is -0.161. The summed E-state index contributed by atoms with van der Waals surface area (Å²) in [6.07, 6.45) is 2.05. The van der Waals surface area contributed by atoms with Gasteiger partial charge in [0.1, 0.15) is 0 Å². The quantitative estimate of drug-likeness (QED) is 0.420. The lowest BCUT2D eigenvalue weighted by Crippen LogP contribution is -2.34. The molecule has 0 heterocycles. The second-order valence-corrected chi connectivity index (χ2v) is 5.47. The van der Waals surface area contributed by atoms with E-state index >= 15 is 0 Å². The van der Waals surface area contributed by atoms with Gasteiger partial charge in [-0.1, -0.05) is 35.9 Å². The van der Waals surface area contributed by atoms with Gasteiger partial charge in [0.25, 0.3) is 0 Å². The van der Waals surface area contributed by atoms with E-state index in [1.807, 2.05) is 37.3 Å². The second-order valence-electron chi connectivity index (χ2n) is 5.47. The maximum Gasteiger partial charge on any atom is 0.320 e. The Labute approximate surface area is 132 Å².